The average Bonchev–Trinajstić information content (AvgIpc) is 3.17. The van der Waals surface area contributed by atoms with Crippen molar-refractivity contribution in [3.63, 3.8) is 0 Å². The molecule has 33 heavy (non-hydrogen) atoms. The maximum absolute atomic E-state index is 12.9. The second-order valence-corrected chi connectivity index (χ2v) is 10.6. The number of aromatic nitrogens is 1. The average molecular weight is 483 g/mol. The molecule has 1 aromatic heterocycles. The van der Waals surface area contributed by atoms with Gasteiger partial charge in [-0.05, 0) is 61.2 Å². The molecular formula is C22H25F3N4O3S. The van der Waals surface area contributed by atoms with Crippen LogP contribution in [-0.4, -0.2) is 56.3 Å². The van der Waals surface area contributed by atoms with Gasteiger partial charge in [-0.1, -0.05) is 6.07 Å². The SMILES string of the molecule is CS(=O)(=O)c1ccc2c(c1)CCN2C(=O)NC1CCCN(Cc2ccc(C(F)(F)F)nc2)C1. The van der Waals surface area contributed by atoms with Gasteiger partial charge in [0.25, 0.3) is 0 Å². The zero-order valence-electron chi connectivity index (χ0n) is 18.1. The van der Waals surface area contributed by atoms with Gasteiger partial charge in [-0.25, -0.2) is 13.2 Å². The number of likely N-dealkylation sites (tertiary alicyclic amines) is 1. The molecule has 4 rings (SSSR count). The Labute approximate surface area is 190 Å². The van der Waals surface area contributed by atoms with E-state index in [1.54, 1.807) is 17.0 Å². The monoisotopic (exact) mass is 482 g/mol. The minimum atomic E-state index is -4.46. The summed E-state index contributed by atoms with van der Waals surface area (Å²) in [6.07, 6.45) is 0.193. The third-order valence-corrected chi connectivity index (χ3v) is 7.08. The Hall–Kier alpha value is -2.66. The highest BCUT2D eigenvalue weighted by atomic mass is 32.2. The van der Waals surface area contributed by atoms with Crippen LogP contribution in [0.15, 0.2) is 41.4 Å². The molecule has 3 heterocycles. The number of hydrogen-bond donors (Lipinski definition) is 1. The molecule has 0 bridgehead atoms. The van der Waals surface area contributed by atoms with Crippen LogP contribution in [0.3, 0.4) is 0 Å². The van der Waals surface area contributed by atoms with Gasteiger partial charge in [0.1, 0.15) is 5.69 Å². The number of benzene rings is 1. The number of rotatable bonds is 4. The van der Waals surface area contributed by atoms with E-state index in [1.165, 1.54) is 18.3 Å². The van der Waals surface area contributed by atoms with E-state index < -0.39 is 21.7 Å². The number of nitrogens with zero attached hydrogens (tertiary/aromatic N) is 3. The van der Waals surface area contributed by atoms with Crippen LogP contribution in [-0.2, 0) is 29.0 Å². The normalized spacial score (nSPS) is 19.4. The fourth-order valence-corrected chi connectivity index (χ4v) is 5.00. The number of carbonyl (C=O) groups is 1. The van der Waals surface area contributed by atoms with Crippen molar-refractivity contribution >= 4 is 21.6 Å². The predicted octanol–water partition coefficient (Wildman–Crippen LogP) is 3.24. The molecule has 178 valence electrons. The van der Waals surface area contributed by atoms with Gasteiger partial charge < -0.3 is 5.32 Å². The van der Waals surface area contributed by atoms with Crippen molar-refractivity contribution in [2.45, 2.75) is 42.9 Å². The summed E-state index contributed by atoms with van der Waals surface area (Å²) >= 11 is 0. The predicted molar refractivity (Wildman–Crippen MR) is 117 cm³/mol. The molecule has 2 aliphatic rings. The summed E-state index contributed by atoms with van der Waals surface area (Å²) in [7, 11) is -3.31. The fourth-order valence-electron chi connectivity index (χ4n) is 4.33. The summed E-state index contributed by atoms with van der Waals surface area (Å²) < 4.78 is 61.7. The molecule has 2 amide bonds. The van der Waals surface area contributed by atoms with E-state index >= 15 is 0 Å². The van der Waals surface area contributed by atoms with Crippen molar-refractivity contribution in [1.29, 1.82) is 0 Å². The van der Waals surface area contributed by atoms with Gasteiger partial charge in [0.15, 0.2) is 9.84 Å². The molecule has 1 fully saturated rings. The number of hydrogen-bond acceptors (Lipinski definition) is 5. The summed E-state index contributed by atoms with van der Waals surface area (Å²) in [5.74, 6) is 0. The second kappa shape index (κ2) is 8.94. The summed E-state index contributed by atoms with van der Waals surface area (Å²) in [5, 5.41) is 3.05. The number of alkyl halides is 3. The highest BCUT2D eigenvalue weighted by Crippen LogP contribution is 2.31. The van der Waals surface area contributed by atoms with Gasteiger partial charge in [0, 0.05) is 43.8 Å². The molecule has 0 radical (unpaired) electrons. The number of nitrogens with one attached hydrogen (secondary N) is 1. The summed E-state index contributed by atoms with van der Waals surface area (Å²) in [5.41, 5.74) is 1.31. The molecule has 2 aromatic rings. The lowest BCUT2D eigenvalue weighted by atomic mass is 10.1. The first kappa shape index (κ1) is 23.5. The highest BCUT2D eigenvalue weighted by Gasteiger charge is 2.32. The van der Waals surface area contributed by atoms with Crippen molar-refractivity contribution in [1.82, 2.24) is 15.2 Å². The van der Waals surface area contributed by atoms with E-state index in [0.29, 0.717) is 37.3 Å². The topological polar surface area (TPSA) is 82.6 Å². The highest BCUT2D eigenvalue weighted by molar-refractivity contribution is 7.90. The van der Waals surface area contributed by atoms with Crippen molar-refractivity contribution in [2.75, 3.05) is 30.8 Å². The van der Waals surface area contributed by atoms with Crippen LogP contribution in [0.25, 0.3) is 0 Å². The number of urea groups is 1. The number of carbonyl (C=O) groups excluding carboxylic acids is 1. The van der Waals surface area contributed by atoms with Crippen molar-refractivity contribution < 1.29 is 26.4 Å². The zero-order chi connectivity index (χ0) is 23.8. The molecule has 1 atom stereocenters. The third-order valence-electron chi connectivity index (χ3n) is 5.97. The van der Waals surface area contributed by atoms with Crippen LogP contribution in [0.2, 0.25) is 0 Å². The summed E-state index contributed by atoms with van der Waals surface area (Å²) in [4.78, 5) is 20.4. The van der Waals surface area contributed by atoms with Crippen LogP contribution in [0.4, 0.5) is 23.7 Å². The van der Waals surface area contributed by atoms with E-state index in [1.807, 2.05) is 0 Å². The number of fused-ring (bicyclic) bond motifs is 1. The van der Waals surface area contributed by atoms with Gasteiger partial charge in [-0.15, -0.1) is 0 Å². The Kier molecular flexibility index (Phi) is 6.37. The van der Waals surface area contributed by atoms with Gasteiger partial charge in [0.2, 0.25) is 0 Å². The number of amides is 2. The molecule has 1 N–H and O–H groups in total. The lowest BCUT2D eigenvalue weighted by molar-refractivity contribution is -0.141. The van der Waals surface area contributed by atoms with E-state index in [-0.39, 0.29) is 17.0 Å². The van der Waals surface area contributed by atoms with Crippen LogP contribution in [0.5, 0.6) is 0 Å². The van der Waals surface area contributed by atoms with E-state index in [9.17, 15) is 26.4 Å². The zero-order valence-corrected chi connectivity index (χ0v) is 18.9. The Morgan fingerprint density at radius 1 is 1.21 bits per heavy atom. The Balaban J connectivity index is 1.36. The molecule has 1 saturated heterocycles. The van der Waals surface area contributed by atoms with E-state index in [0.717, 1.165) is 37.3 Å². The molecule has 0 saturated carbocycles. The van der Waals surface area contributed by atoms with Crippen LogP contribution >= 0.6 is 0 Å². The second-order valence-electron chi connectivity index (χ2n) is 8.54. The van der Waals surface area contributed by atoms with E-state index in [2.05, 4.69) is 15.2 Å². The molecule has 7 nitrogen and oxygen atoms in total. The first-order chi connectivity index (χ1) is 15.5. The minimum Gasteiger partial charge on any atom is -0.334 e. The lowest BCUT2D eigenvalue weighted by Crippen LogP contribution is -2.51. The van der Waals surface area contributed by atoms with Gasteiger partial charge in [-0.2, -0.15) is 13.2 Å². The van der Waals surface area contributed by atoms with Gasteiger partial charge in [-0.3, -0.25) is 14.8 Å². The Bertz CT molecular complexity index is 1140. The van der Waals surface area contributed by atoms with Crippen molar-refractivity contribution in [3.8, 4) is 0 Å². The summed E-state index contributed by atoms with van der Waals surface area (Å²) in [6.45, 7) is 2.30. The third kappa shape index (κ3) is 5.47. The van der Waals surface area contributed by atoms with Crippen LogP contribution in [0.1, 0.15) is 29.7 Å². The molecular weight excluding hydrogens is 457 g/mol. The Morgan fingerprint density at radius 3 is 2.67 bits per heavy atom. The van der Waals surface area contributed by atoms with Crippen LogP contribution in [0, 0.1) is 0 Å². The Morgan fingerprint density at radius 2 is 2.00 bits per heavy atom. The lowest BCUT2D eigenvalue weighted by Gasteiger charge is -2.34. The number of pyridine rings is 1. The first-order valence-corrected chi connectivity index (χ1v) is 12.6. The number of sulfone groups is 1. The first-order valence-electron chi connectivity index (χ1n) is 10.7. The van der Waals surface area contributed by atoms with Gasteiger partial charge in [0.05, 0.1) is 4.90 Å². The fraction of sp³-hybridized carbons (Fsp3) is 0.455. The smallest absolute Gasteiger partial charge is 0.334 e. The maximum atomic E-state index is 12.9. The van der Waals surface area contributed by atoms with E-state index in [4.69, 9.17) is 0 Å². The molecule has 0 aliphatic carbocycles. The molecule has 11 heteroatoms. The summed E-state index contributed by atoms with van der Waals surface area (Å²) in [6, 6.07) is 6.90. The van der Waals surface area contributed by atoms with Gasteiger partial charge >= 0.3 is 12.2 Å². The molecule has 1 unspecified atom stereocenters. The quantitative estimate of drug-likeness (QED) is 0.724. The molecule has 0 spiro atoms. The van der Waals surface area contributed by atoms with Crippen LogP contribution < -0.4 is 10.2 Å². The van der Waals surface area contributed by atoms with Crippen molar-refractivity contribution in [2.24, 2.45) is 0 Å². The number of piperidine rings is 1. The largest absolute Gasteiger partial charge is 0.433 e. The standard InChI is InChI=1S/C22H25F3N4O3S/c1-33(31,32)18-5-6-19-16(11-18)8-10-29(19)21(30)27-17-3-2-9-28(14-17)13-15-4-7-20(26-12-15)22(23,24)25/h4-7,11-12,17H,2-3,8-10,13-14H2,1H3,(H,27,30). The number of anilines is 1. The van der Waals surface area contributed by atoms with Crippen molar-refractivity contribution in [3.05, 3.63) is 53.3 Å². The number of halogens is 3. The maximum Gasteiger partial charge on any atom is 0.433 e. The molecule has 1 aromatic carbocycles. The molecule has 2 aliphatic heterocycles. The minimum absolute atomic E-state index is 0.0898.